The van der Waals surface area contributed by atoms with Gasteiger partial charge >= 0.3 is 0 Å². The Kier molecular flexibility index (Phi) is 9.14. The van der Waals surface area contributed by atoms with Crippen LogP contribution in [0.15, 0.2) is 65.8 Å². The van der Waals surface area contributed by atoms with Gasteiger partial charge in [0.05, 0.1) is 25.3 Å². The molecule has 3 rings (SSSR count). The lowest BCUT2D eigenvalue weighted by molar-refractivity contribution is -0.119. The molecule has 3 aromatic rings. The highest BCUT2D eigenvalue weighted by atomic mass is 35.5. The van der Waals surface area contributed by atoms with Gasteiger partial charge in [0.15, 0.2) is 11.5 Å². The fourth-order valence-corrected chi connectivity index (χ4v) is 4.37. The molecule has 0 saturated heterocycles. The third-order valence-electron chi connectivity index (χ3n) is 4.77. The molecule has 12 heteroatoms. The predicted molar refractivity (Wildman–Crippen MR) is 138 cm³/mol. The van der Waals surface area contributed by atoms with E-state index in [0.29, 0.717) is 27.1 Å². The van der Waals surface area contributed by atoms with Crippen LogP contribution >= 0.6 is 23.2 Å². The Hall–Kier alpha value is -3.34. The van der Waals surface area contributed by atoms with E-state index in [1.54, 1.807) is 36.4 Å². The average Bonchev–Trinajstić information content (AvgIpc) is 2.81. The number of hydrazone groups is 1. The Morgan fingerprint density at radius 2 is 1.89 bits per heavy atom. The van der Waals surface area contributed by atoms with Crippen molar-refractivity contribution < 1.29 is 27.1 Å². The Morgan fingerprint density at radius 3 is 2.56 bits per heavy atom. The minimum atomic E-state index is -3.84. The topological polar surface area (TPSA) is 97.3 Å². The molecule has 0 aliphatic heterocycles. The first kappa shape index (κ1) is 27.3. The number of amides is 1. The summed E-state index contributed by atoms with van der Waals surface area (Å²) in [6, 6.07) is 15.0. The lowest BCUT2D eigenvalue weighted by atomic mass is 10.2. The molecule has 8 nitrogen and oxygen atoms in total. The largest absolute Gasteiger partial charge is 0.493 e. The van der Waals surface area contributed by atoms with Crippen molar-refractivity contribution in [3.63, 3.8) is 0 Å². The van der Waals surface area contributed by atoms with Gasteiger partial charge in [-0.15, -0.1) is 0 Å². The number of sulfonamides is 1. The van der Waals surface area contributed by atoms with Crippen molar-refractivity contribution in [2.24, 2.45) is 5.10 Å². The van der Waals surface area contributed by atoms with E-state index in [4.69, 9.17) is 32.7 Å². The summed E-state index contributed by atoms with van der Waals surface area (Å²) in [5.74, 6) is -0.460. The second kappa shape index (κ2) is 12.1. The third-order valence-corrected chi connectivity index (χ3v) is 6.50. The zero-order chi connectivity index (χ0) is 26.3. The summed E-state index contributed by atoms with van der Waals surface area (Å²) in [5, 5.41) is 4.86. The van der Waals surface area contributed by atoms with Gasteiger partial charge < -0.3 is 9.47 Å². The van der Waals surface area contributed by atoms with Crippen LogP contribution in [0.5, 0.6) is 11.5 Å². The van der Waals surface area contributed by atoms with Gasteiger partial charge in [-0.25, -0.2) is 18.2 Å². The number of methoxy groups -OCH3 is 1. The lowest BCUT2D eigenvalue weighted by Crippen LogP contribution is -2.39. The van der Waals surface area contributed by atoms with E-state index in [-0.39, 0.29) is 12.3 Å². The minimum Gasteiger partial charge on any atom is -0.493 e. The molecule has 0 aliphatic rings. The molecule has 190 valence electrons. The standard InChI is InChI=1S/C24H22Cl2FN3O5S/c1-34-23-10-16(6-9-22(23)35-15-17-7-8-18(25)11-21(17)26)13-28-29-24(31)14-30(36(2,32)33)20-5-3-4-19(27)12-20/h3-13H,14-15H2,1-2H3,(H,29,31)/b28-13-. The van der Waals surface area contributed by atoms with Crippen LogP contribution in [0.1, 0.15) is 11.1 Å². The summed E-state index contributed by atoms with van der Waals surface area (Å²) in [5.41, 5.74) is 3.61. The second-order valence-corrected chi connectivity index (χ2v) is 10.2. The van der Waals surface area contributed by atoms with Crippen LogP contribution in [0.25, 0.3) is 0 Å². The third kappa shape index (κ3) is 7.58. The number of anilines is 1. The molecule has 0 spiro atoms. The van der Waals surface area contributed by atoms with Crippen molar-refractivity contribution in [1.29, 1.82) is 0 Å². The lowest BCUT2D eigenvalue weighted by Gasteiger charge is -2.21. The molecule has 0 heterocycles. The highest BCUT2D eigenvalue weighted by Gasteiger charge is 2.21. The number of nitrogens with one attached hydrogen (secondary N) is 1. The first-order valence-electron chi connectivity index (χ1n) is 10.4. The highest BCUT2D eigenvalue weighted by molar-refractivity contribution is 7.92. The van der Waals surface area contributed by atoms with Crippen LogP contribution in [-0.2, 0) is 21.4 Å². The highest BCUT2D eigenvalue weighted by Crippen LogP contribution is 2.30. The van der Waals surface area contributed by atoms with Crippen molar-refractivity contribution in [3.05, 3.63) is 87.7 Å². The van der Waals surface area contributed by atoms with Crippen molar-refractivity contribution in [3.8, 4) is 11.5 Å². The number of benzene rings is 3. The van der Waals surface area contributed by atoms with Crippen LogP contribution in [-0.4, -0.2) is 40.4 Å². The average molecular weight is 554 g/mol. The Balaban J connectivity index is 1.64. The Morgan fingerprint density at radius 1 is 1.11 bits per heavy atom. The van der Waals surface area contributed by atoms with E-state index in [0.717, 1.165) is 22.2 Å². The molecule has 0 unspecified atom stereocenters. The van der Waals surface area contributed by atoms with Gasteiger partial charge in [-0.2, -0.15) is 5.10 Å². The van der Waals surface area contributed by atoms with E-state index < -0.39 is 28.3 Å². The van der Waals surface area contributed by atoms with Crippen LogP contribution in [0.3, 0.4) is 0 Å². The van der Waals surface area contributed by atoms with Crippen LogP contribution < -0.4 is 19.2 Å². The monoisotopic (exact) mass is 553 g/mol. The van der Waals surface area contributed by atoms with E-state index in [1.165, 1.54) is 31.5 Å². The van der Waals surface area contributed by atoms with Crippen molar-refractivity contribution in [2.75, 3.05) is 24.2 Å². The fourth-order valence-electron chi connectivity index (χ4n) is 3.05. The predicted octanol–water partition coefficient (Wildman–Crippen LogP) is 4.64. The van der Waals surface area contributed by atoms with Gasteiger partial charge in [-0.05, 0) is 54.1 Å². The molecule has 3 aromatic carbocycles. The molecular weight excluding hydrogens is 532 g/mol. The number of halogens is 3. The molecule has 1 amide bonds. The van der Waals surface area contributed by atoms with Gasteiger partial charge in [0.2, 0.25) is 10.0 Å². The molecule has 0 aromatic heterocycles. The number of carbonyl (C=O) groups is 1. The van der Waals surface area contributed by atoms with Crippen molar-refractivity contribution in [2.45, 2.75) is 6.61 Å². The van der Waals surface area contributed by atoms with Crippen LogP contribution in [0.4, 0.5) is 10.1 Å². The number of hydrogen-bond acceptors (Lipinski definition) is 6. The van der Waals surface area contributed by atoms with E-state index in [1.807, 2.05) is 0 Å². The zero-order valence-corrected chi connectivity index (χ0v) is 21.6. The SMILES string of the molecule is COc1cc(/C=N\NC(=O)CN(c2cccc(F)c2)S(C)(=O)=O)ccc1OCc1ccc(Cl)cc1Cl. The second-order valence-electron chi connectivity index (χ2n) is 7.48. The number of nitrogens with zero attached hydrogens (tertiary/aromatic N) is 2. The quantitative estimate of drug-likeness (QED) is 0.291. The summed E-state index contributed by atoms with van der Waals surface area (Å²) in [6.07, 6.45) is 2.28. The van der Waals surface area contributed by atoms with Gasteiger partial charge in [-0.3, -0.25) is 9.10 Å². The summed E-state index contributed by atoms with van der Waals surface area (Å²) in [7, 11) is -2.36. The summed E-state index contributed by atoms with van der Waals surface area (Å²) >= 11 is 12.1. The number of ether oxygens (including phenoxy) is 2. The summed E-state index contributed by atoms with van der Waals surface area (Å²) in [6.45, 7) is -0.388. The Labute approximate surface area is 218 Å². The van der Waals surface area contributed by atoms with E-state index >= 15 is 0 Å². The van der Waals surface area contributed by atoms with Crippen LogP contribution in [0.2, 0.25) is 10.0 Å². The summed E-state index contributed by atoms with van der Waals surface area (Å²) < 4.78 is 49.7. The van der Waals surface area contributed by atoms with Crippen molar-refractivity contribution in [1.82, 2.24) is 5.43 Å². The fraction of sp³-hybridized carbons (Fsp3) is 0.167. The molecule has 0 bridgehead atoms. The van der Waals surface area contributed by atoms with E-state index in [2.05, 4.69) is 10.5 Å². The Bertz CT molecular complexity index is 1390. The molecule has 0 aliphatic carbocycles. The molecule has 0 radical (unpaired) electrons. The first-order chi connectivity index (χ1) is 17.1. The maximum atomic E-state index is 13.5. The molecule has 0 saturated carbocycles. The van der Waals surface area contributed by atoms with E-state index in [9.17, 15) is 17.6 Å². The molecule has 36 heavy (non-hydrogen) atoms. The smallest absolute Gasteiger partial charge is 0.260 e. The molecular formula is C24H22Cl2FN3O5S. The molecule has 0 fully saturated rings. The normalized spacial score (nSPS) is 11.4. The molecule has 0 atom stereocenters. The number of hydrogen-bond donors (Lipinski definition) is 1. The van der Waals surface area contributed by atoms with Crippen LogP contribution in [0, 0.1) is 5.82 Å². The van der Waals surface area contributed by atoms with Gasteiger partial charge in [-0.1, -0.05) is 35.3 Å². The number of carbonyl (C=O) groups excluding carboxylic acids is 1. The maximum Gasteiger partial charge on any atom is 0.260 e. The van der Waals surface area contributed by atoms with Crippen molar-refractivity contribution >= 4 is 51.0 Å². The first-order valence-corrected chi connectivity index (χ1v) is 13.0. The molecule has 1 N–H and O–H groups in total. The minimum absolute atomic E-state index is 0.0249. The maximum absolute atomic E-state index is 13.5. The van der Waals surface area contributed by atoms with Gasteiger partial charge in [0, 0.05) is 15.6 Å². The van der Waals surface area contributed by atoms with Gasteiger partial charge in [0.1, 0.15) is 19.0 Å². The zero-order valence-electron chi connectivity index (χ0n) is 19.2. The summed E-state index contributed by atoms with van der Waals surface area (Å²) in [4.78, 5) is 12.3. The number of rotatable bonds is 10. The van der Waals surface area contributed by atoms with Gasteiger partial charge in [0.25, 0.3) is 5.91 Å².